The van der Waals surface area contributed by atoms with E-state index < -0.39 is 17.4 Å². The molecule has 0 bridgehead atoms. The van der Waals surface area contributed by atoms with Gasteiger partial charge >= 0.3 is 5.97 Å². The van der Waals surface area contributed by atoms with Gasteiger partial charge in [-0.1, -0.05) is 0 Å². The van der Waals surface area contributed by atoms with Crippen molar-refractivity contribution in [2.75, 3.05) is 5.32 Å². The van der Waals surface area contributed by atoms with E-state index in [2.05, 4.69) is 15.3 Å². The monoisotopic (exact) mass is 259 g/mol. The van der Waals surface area contributed by atoms with E-state index in [4.69, 9.17) is 5.11 Å². The van der Waals surface area contributed by atoms with Crippen molar-refractivity contribution in [1.29, 1.82) is 0 Å². The second kappa shape index (κ2) is 5.13. The average Bonchev–Trinajstić information content (AvgIpc) is 2.39. The van der Waals surface area contributed by atoms with E-state index in [1.807, 2.05) is 0 Å². The lowest BCUT2D eigenvalue weighted by atomic mass is 10.2. The van der Waals surface area contributed by atoms with Gasteiger partial charge in [0.1, 0.15) is 0 Å². The fourth-order valence-corrected chi connectivity index (χ4v) is 1.46. The highest BCUT2D eigenvalue weighted by Crippen LogP contribution is 2.14. The van der Waals surface area contributed by atoms with E-state index in [1.54, 1.807) is 0 Å². The SMILES string of the molecule is O=C(Nc1cnccc1C(=O)O)c1cc[nH]c(=O)c1. The average molecular weight is 259 g/mol. The summed E-state index contributed by atoms with van der Waals surface area (Å²) in [5, 5.41) is 11.4. The molecule has 7 nitrogen and oxygen atoms in total. The lowest BCUT2D eigenvalue weighted by Gasteiger charge is -2.07. The van der Waals surface area contributed by atoms with Gasteiger partial charge in [-0.3, -0.25) is 14.6 Å². The van der Waals surface area contributed by atoms with E-state index in [1.165, 1.54) is 30.7 Å². The number of aromatic carboxylic acids is 1. The number of carbonyl (C=O) groups excluding carboxylic acids is 1. The minimum absolute atomic E-state index is 0.0697. The van der Waals surface area contributed by atoms with Gasteiger partial charge in [0.05, 0.1) is 17.4 Å². The summed E-state index contributed by atoms with van der Waals surface area (Å²) in [7, 11) is 0. The summed E-state index contributed by atoms with van der Waals surface area (Å²) in [5.41, 5.74) is -0.297. The van der Waals surface area contributed by atoms with Gasteiger partial charge in [-0.05, 0) is 12.1 Å². The van der Waals surface area contributed by atoms with Crippen LogP contribution >= 0.6 is 0 Å². The Labute approximate surface area is 106 Å². The first-order chi connectivity index (χ1) is 9.08. The summed E-state index contributed by atoms with van der Waals surface area (Å²) >= 11 is 0. The number of hydrogen-bond donors (Lipinski definition) is 3. The van der Waals surface area contributed by atoms with Crippen LogP contribution in [-0.2, 0) is 0 Å². The molecular formula is C12H9N3O4. The normalized spacial score (nSPS) is 9.89. The maximum absolute atomic E-state index is 11.9. The minimum Gasteiger partial charge on any atom is -0.478 e. The van der Waals surface area contributed by atoms with Gasteiger partial charge in [0.25, 0.3) is 5.91 Å². The van der Waals surface area contributed by atoms with Crippen LogP contribution in [0.15, 0.2) is 41.6 Å². The lowest BCUT2D eigenvalue weighted by molar-refractivity contribution is 0.0698. The van der Waals surface area contributed by atoms with Gasteiger partial charge in [-0.25, -0.2) is 4.79 Å². The number of nitrogens with one attached hydrogen (secondary N) is 2. The molecule has 2 aromatic rings. The molecule has 96 valence electrons. The molecule has 0 radical (unpaired) electrons. The second-order valence-corrected chi connectivity index (χ2v) is 3.62. The molecule has 19 heavy (non-hydrogen) atoms. The van der Waals surface area contributed by atoms with Gasteiger partial charge in [0.15, 0.2) is 0 Å². The van der Waals surface area contributed by atoms with Crippen LogP contribution in [0.3, 0.4) is 0 Å². The molecule has 2 aromatic heterocycles. The van der Waals surface area contributed by atoms with E-state index in [9.17, 15) is 14.4 Å². The van der Waals surface area contributed by atoms with Crippen molar-refractivity contribution in [3.63, 3.8) is 0 Å². The molecule has 7 heteroatoms. The highest BCUT2D eigenvalue weighted by atomic mass is 16.4. The number of amides is 1. The number of rotatable bonds is 3. The van der Waals surface area contributed by atoms with Crippen molar-refractivity contribution in [2.45, 2.75) is 0 Å². The largest absolute Gasteiger partial charge is 0.478 e. The smallest absolute Gasteiger partial charge is 0.337 e. The fraction of sp³-hybridized carbons (Fsp3) is 0. The number of H-pyrrole nitrogens is 1. The van der Waals surface area contributed by atoms with E-state index in [0.29, 0.717) is 0 Å². The molecule has 0 atom stereocenters. The molecule has 0 fully saturated rings. The number of carboxylic acids is 1. The third-order valence-corrected chi connectivity index (χ3v) is 2.34. The molecule has 0 saturated heterocycles. The summed E-state index contributed by atoms with van der Waals surface area (Å²) in [6.07, 6.45) is 3.87. The maximum atomic E-state index is 11.9. The van der Waals surface area contributed by atoms with Crippen LogP contribution in [0.5, 0.6) is 0 Å². The van der Waals surface area contributed by atoms with Crippen molar-refractivity contribution in [2.24, 2.45) is 0 Å². The zero-order valence-corrected chi connectivity index (χ0v) is 9.58. The molecule has 0 aliphatic carbocycles. The van der Waals surface area contributed by atoms with Crippen LogP contribution in [0, 0.1) is 0 Å². The standard InChI is InChI=1S/C12H9N3O4/c16-10-5-7(1-4-14-10)11(17)15-9-6-13-3-2-8(9)12(18)19/h1-6H,(H,14,16)(H,15,17)(H,18,19). The number of carbonyl (C=O) groups is 2. The Bertz CT molecular complexity index is 693. The zero-order valence-electron chi connectivity index (χ0n) is 9.58. The molecule has 2 heterocycles. The Morgan fingerprint density at radius 3 is 2.79 bits per heavy atom. The molecule has 0 spiro atoms. The van der Waals surface area contributed by atoms with Gasteiger partial charge in [0.2, 0.25) is 5.56 Å². The van der Waals surface area contributed by atoms with Crippen LogP contribution in [0.25, 0.3) is 0 Å². The molecule has 0 aliphatic heterocycles. The van der Waals surface area contributed by atoms with Crippen LogP contribution in [-0.4, -0.2) is 27.0 Å². The molecule has 2 rings (SSSR count). The lowest BCUT2D eigenvalue weighted by Crippen LogP contribution is -2.17. The quantitative estimate of drug-likeness (QED) is 0.751. The van der Waals surface area contributed by atoms with Crippen molar-refractivity contribution >= 4 is 17.6 Å². The first-order valence-electron chi connectivity index (χ1n) is 5.25. The molecule has 0 aliphatic rings. The highest BCUT2D eigenvalue weighted by Gasteiger charge is 2.13. The second-order valence-electron chi connectivity index (χ2n) is 3.62. The number of carboxylic acid groups (broad SMARTS) is 1. The highest BCUT2D eigenvalue weighted by molar-refractivity contribution is 6.07. The van der Waals surface area contributed by atoms with Gasteiger partial charge in [-0.15, -0.1) is 0 Å². The van der Waals surface area contributed by atoms with Crippen molar-refractivity contribution in [3.8, 4) is 0 Å². The first-order valence-corrected chi connectivity index (χ1v) is 5.25. The number of aromatic amines is 1. The van der Waals surface area contributed by atoms with Gasteiger partial charge in [-0.2, -0.15) is 0 Å². The van der Waals surface area contributed by atoms with Crippen LogP contribution in [0.1, 0.15) is 20.7 Å². The van der Waals surface area contributed by atoms with Gasteiger partial charge < -0.3 is 15.4 Å². The molecule has 0 unspecified atom stereocenters. The van der Waals surface area contributed by atoms with E-state index in [0.717, 1.165) is 6.07 Å². The van der Waals surface area contributed by atoms with Crippen LogP contribution < -0.4 is 10.9 Å². The number of nitrogens with zero attached hydrogens (tertiary/aromatic N) is 1. The molecular weight excluding hydrogens is 250 g/mol. The van der Waals surface area contributed by atoms with Crippen LogP contribution in [0.4, 0.5) is 5.69 Å². The third kappa shape index (κ3) is 2.83. The van der Waals surface area contributed by atoms with Crippen molar-refractivity contribution in [3.05, 3.63) is 58.3 Å². The first kappa shape index (κ1) is 12.5. The molecule has 0 saturated carbocycles. The predicted octanol–water partition coefficient (Wildman–Crippen LogP) is 0.720. The molecule has 1 amide bonds. The number of hydrogen-bond acceptors (Lipinski definition) is 4. The Hall–Kier alpha value is -2.96. The topological polar surface area (TPSA) is 112 Å². The minimum atomic E-state index is -1.18. The Morgan fingerprint density at radius 1 is 1.32 bits per heavy atom. The summed E-state index contributed by atoms with van der Waals surface area (Å²) in [6, 6.07) is 3.80. The summed E-state index contributed by atoms with van der Waals surface area (Å²) in [5.74, 6) is -1.76. The molecule has 3 N–H and O–H groups in total. The fourth-order valence-electron chi connectivity index (χ4n) is 1.46. The van der Waals surface area contributed by atoms with E-state index >= 15 is 0 Å². The maximum Gasteiger partial charge on any atom is 0.337 e. The van der Waals surface area contributed by atoms with Crippen molar-refractivity contribution in [1.82, 2.24) is 9.97 Å². The number of anilines is 1. The number of pyridine rings is 2. The van der Waals surface area contributed by atoms with Gasteiger partial charge in [0, 0.05) is 24.0 Å². The Balaban J connectivity index is 2.29. The molecule has 0 aromatic carbocycles. The summed E-state index contributed by atoms with van der Waals surface area (Å²) < 4.78 is 0. The summed E-state index contributed by atoms with van der Waals surface area (Å²) in [6.45, 7) is 0. The van der Waals surface area contributed by atoms with Crippen molar-refractivity contribution < 1.29 is 14.7 Å². The van der Waals surface area contributed by atoms with E-state index in [-0.39, 0.29) is 16.8 Å². The predicted molar refractivity (Wildman–Crippen MR) is 66.2 cm³/mol. The Kier molecular flexibility index (Phi) is 3.37. The third-order valence-electron chi connectivity index (χ3n) is 2.34. The number of aromatic nitrogens is 2. The Morgan fingerprint density at radius 2 is 2.11 bits per heavy atom. The van der Waals surface area contributed by atoms with Crippen LogP contribution in [0.2, 0.25) is 0 Å². The zero-order chi connectivity index (χ0) is 13.8. The summed E-state index contributed by atoms with van der Waals surface area (Å²) in [4.78, 5) is 40.0.